The largest absolute Gasteiger partial charge is 0.370 e. The van der Waals surface area contributed by atoms with Gasteiger partial charge in [0.2, 0.25) is 5.91 Å². The molecule has 0 aromatic heterocycles. The molecule has 0 unspecified atom stereocenters. The van der Waals surface area contributed by atoms with Crippen molar-refractivity contribution >= 4 is 5.91 Å². The molecule has 0 heterocycles. The lowest BCUT2D eigenvalue weighted by Gasteiger charge is -2.28. The van der Waals surface area contributed by atoms with Crippen molar-refractivity contribution in [3.63, 3.8) is 0 Å². The number of hydrogen-bond acceptors (Lipinski definition) is 2. The second-order valence-electron chi connectivity index (χ2n) is 3.63. The molecule has 1 amide bonds. The lowest BCUT2D eigenvalue weighted by atomic mass is 10.2. The molecule has 0 fully saturated rings. The van der Waals surface area contributed by atoms with Gasteiger partial charge in [0, 0.05) is 19.0 Å². The zero-order valence-corrected chi connectivity index (χ0v) is 9.79. The van der Waals surface area contributed by atoms with Crippen LogP contribution in [0.25, 0.3) is 0 Å². The summed E-state index contributed by atoms with van der Waals surface area (Å²) in [6, 6.07) is 1.38. The van der Waals surface area contributed by atoms with E-state index in [1.165, 1.54) is 6.92 Å². The van der Waals surface area contributed by atoms with Crippen molar-refractivity contribution in [3.05, 3.63) is 0 Å². The zero-order valence-electron chi connectivity index (χ0n) is 9.79. The molecule has 3 heteroatoms. The average molecular weight is 188 g/mol. The van der Waals surface area contributed by atoms with E-state index in [0.29, 0.717) is 12.1 Å². The molecule has 3 nitrogen and oxygen atoms in total. The van der Waals surface area contributed by atoms with E-state index in [2.05, 4.69) is 45.3 Å². The highest BCUT2D eigenvalue weighted by atomic mass is 16.1. The number of carbonyl (C=O) groups is 1. The molecule has 80 valence electrons. The SMILES string of the molecule is CC(N)=O.CCN(C(C)C)C(C)C. The Hall–Kier alpha value is -0.570. The van der Waals surface area contributed by atoms with Gasteiger partial charge in [-0.2, -0.15) is 0 Å². The molecule has 0 aliphatic carbocycles. The number of amides is 1. The molecular weight excluding hydrogens is 164 g/mol. The van der Waals surface area contributed by atoms with Crippen LogP contribution in [0, 0.1) is 0 Å². The number of nitrogens with two attached hydrogens (primary N) is 1. The minimum atomic E-state index is -0.333. The van der Waals surface area contributed by atoms with E-state index in [4.69, 9.17) is 0 Å². The molecule has 0 spiro atoms. The summed E-state index contributed by atoms with van der Waals surface area (Å²) in [4.78, 5) is 11.7. The Morgan fingerprint density at radius 3 is 1.46 bits per heavy atom. The van der Waals surface area contributed by atoms with Crippen molar-refractivity contribution < 1.29 is 4.79 Å². The Balaban J connectivity index is 0. The van der Waals surface area contributed by atoms with Gasteiger partial charge in [-0.3, -0.25) is 9.69 Å². The van der Waals surface area contributed by atoms with Crippen LogP contribution in [0.3, 0.4) is 0 Å². The van der Waals surface area contributed by atoms with Crippen LogP contribution in [0.2, 0.25) is 0 Å². The summed E-state index contributed by atoms with van der Waals surface area (Å²) in [6.45, 7) is 13.6. The van der Waals surface area contributed by atoms with Crippen LogP contribution in [0.4, 0.5) is 0 Å². The summed E-state index contributed by atoms with van der Waals surface area (Å²) in [6.07, 6.45) is 0. The number of rotatable bonds is 3. The number of hydrogen-bond donors (Lipinski definition) is 1. The first-order valence-corrected chi connectivity index (χ1v) is 4.84. The van der Waals surface area contributed by atoms with Crippen molar-refractivity contribution in [2.24, 2.45) is 5.73 Å². The lowest BCUT2D eigenvalue weighted by Crippen LogP contribution is -2.36. The second-order valence-corrected chi connectivity index (χ2v) is 3.63. The Morgan fingerprint density at radius 2 is 1.46 bits per heavy atom. The average Bonchev–Trinajstić information content (AvgIpc) is 1.84. The Morgan fingerprint density at radius 1 is 1.23 bits per heavy atom. The molecular formula is C10H24N2O. The van der Waals surface area contributed by atoms with Gasteiger partial charge in [-0.05, 0) is 34.2 Å². The quantitative estimate of drug-likeness (QED) is 0.731. The van der Waals surface area contributed by atoms with Crippen molar-refractivity contribution in [3.8, 4) is 0 Å². The third kappa shape index (κ3) is 11.4. The van der Waals surface area contributed by atoms with E-state index in [0.717, 1.165) is 6.54 Å². The molecule has 0 aliphatic rings. The molecule has 0 radical (unpaired) electrons. The highest BCUT2D eigenvalue weighted by Gasteiger charge is 2.08. The van der Waals surface area contributed by atoms with Crippen molar-refractivity contribution in [1.29, 1.82) is 0 Å². The summed E-state index contributed by atoms with van der Waals surface area (Å²) < 4.78 is 0. The van der Waals surface area contributed by atoms with E-state index in [-0.39, 0.29) is 5.91 Å². The van der Waals surface area contributed by atoms with Gasteiger partial charge in [0.15, 0.2) is 0 Å². The third-order valence-electron chi connectivity index (χ3n) is 1.69. The summed E-state index contributed by atoms with van der Waals surface area (Å²) in [7, 11) is 0. The van der Waals surface area contributed by atoms with Crippen molar-refractivity contribution in [2.45, 2.75) is 53.6 Å². The smallest absolute Gasteiger partial charge is 0.214 e. The molecule has 0 rings (SSSR count). The Bertz CT molecular complexity index is 121. The molecule has 2 N–H and O–H groups in total. The monoisotopic (exact) mass is 188 g/mol. The topological polar surface area (TPSA) is 46.3 Å². The molecule has 13 heavy (non-hydrogen) atoms. The first-order chi connectivity index (χ1) is 5.82. The van der Waals surface area contributed by atoms with E-state index in [9.17, 15) is 4.79 Å². The van der Waals surface area contributed by atoms with Gasteiger partial charge in [0.05, 0.1) is 0 Å². The zero-order chi connectivity index (χ0) is 11.0. The third-order valence-corrected chi connectivity index (χ3v) is 1.69. The molecule has 0 atom stereocenters. The van der Waals surface area contributed by atoms with Crippen LogP contribution in [-0.2, 0) is 4.79 Å². The van der Waals surface area contributed by atoms with Gasteiger partial charge in [0.25, 0.3) is 0 Å². The highest BCUT2D eigenvalue weighted by Crippen LogP contribution is 2.02. The fourth-order valence-corrected chi connectivity index (χ4v) is 1.33. The predicted octanol–water partition coefficient (Wildman–Crippen LogP) is 1.62. The maximum absolute atomic E-state index is 9.22. The van der Waals surface area contributed by atoms with Gasteiger partial charge in [-0.25, -0.2) is 0 Å². The maximum atomic E-state index is 9.22. The van der Waals surface area contributed by atoms with Crippen LogP contribution in [0.1, 0.15) is 41.5 Å². The molecule has 0 saturated carbocycles. The van der Waals surface area contributed by atoms with Gasteiger partial charge >= 0.3 is 0 Å². The first kappa shape index (κ1) is 14.9. The van der Waals surface area contributed by atoms with E-state index < -0.39 is 0 Å². The van der Waals surface area contributed by atoms with Gasteiger partial charge in [0.1, 0.15) is 0 Å². The molecule has 0 saturated heterocycles. The van der Waals surface area contributed by atoms with Gasteiger partial charge in [-0.15, -0.1) is 0 Å². The van der Waals surface area contributed by atoms with E-state index >= 15 is 0 Å². The number of nitrogens with zero attached hydrogens (tertiary/aromatic N) is 1. The molecule has 0 bridgehead atoms. The van der Waals surface area contributed by atoms with Crippen molar-refractivity contribution in [2.75, 3.05) is 6.54 Å². The normalized spacial score (nSPS) is 10.2. The summed E-state index contributed by atoms with van der Waals surface area (Å²) >= 11 is 0. The van der Waals surface area contributed by atoms with Crippen molar-refractivity contribution in [1.82, 2.24) is 4.90 Å². The molecule has 0 aliphatic heterocycles. The van der Waals surface area contributed by atoms with Crippen LogP contribution in [0.15, 0.2) is 0 Å². The number of carbonyl (C=O) groups excluding carboxylic acids is 1. The Kier molecular flexibility index (Phi) is 9.24. The Labute approximate surface area is 82.3 Å². The predicted molar refractivity (Wildman–Crippen MR) is 57.5 cm³/mol. The maximum Gasteiger partial charge on any atom is 0.214 e. The van der Waals surface area contributed by atoms with Gasteiger partial charge in [-0.1, -0.05) is 6.92 Å². The van der Waals surface area contributed by atoms with E-state index in [1.807, 2.05) is 0 Å². The number of primary amides is 1. The highest BCUT2D eigenvalue weighted by molar-refractivity contribution is 5.70. The summed E-state index contributed by atoms with van der Waals surface area (Å²) in [5, 5.41) is 0. The first-order valence-electron chi connectivity index (χ1n) is 4.84. The second kappa shape index (κ2) is 8.05. The summed E-state index contributed by atoms with van der Waals surface area (Å²) in [5.41, 5.74) is 4.47. The molecule has 0 aromatic carbocycles. The fourth-order valence-electron chi connectivity index (χ4n) is 1.33. The lowest BCUT2D eigenvalue weighted by molar-refractivity contribution is -0.115. The fraction of sp³-hybridized carbons (Fsp3) is 0.900. The molecule has 0 aromatic rings. The van der Waals surface area contributed by atoms with Crippen LogP contribution in [-0.4, -0.2) is 29.4 Å². The van der Waals surface area contributed by atoms with Crippen LogP contribution >= 0.6 is 0 Å². The van der Waals surface area contributed by atoms with Gasteiger partial charge < -0.3 is 5.73 Å². The minimum absolute atomic E-state index is 0.333. The minimum Gasteiger partial charge on any atom is -0.370 e. The van der Waals surface area contributed by atoms with E-state index in [1.54, 1.807) is 0 Å². The van der Waals surface area contributed by atoms with Crippen LogP contribution in [0.5, 0.6) is 0 Å². The summed E-state index contributed by atoms with van der Waals surface area (Å²) in [5.74, 6) is -0.333. The standard InChI is InChI=1S/C8H19N.C2H5NO/c1-6-9(7(2)3)8(4)5;1-2(3)4/h7-8H,6H2,1-5H3;1H3,(H2,3,4). The van der Waals surface area contributed by atoms with Crippen LogP contribution < -0.4 is 5.73 Å².